The molecule has 1 unspecified atom stereocenters. The van der Waals surface area contributed by atoms with Gasteiger partial charge in [0, 0.05) is 32.9 Å². The zero-order valence-electron chi connectivity index (χ0n) is 12.0. The molecule has 0 bridgehead atoms. The fourth-order valence-corrected chi connectivity index (χ4v) is 2.26. The average Bonchev–Trinajstić information content (AvgIpc) is 2.89. The molecule has 114 valence electrons. The molecule has 0 aromatic carbocycles. The van der Waals surface area contributed by atoms with Crippen LogP contribution in [0.4, 0.5) is 4.79 Å². The normalized spacial score (nSPS) is 15.8. The van der Waals surface area contributed by atoms with Crippen LogP contribution in [0.15, 0.2) is 24.5 Å². The standard InChI is InChI=1S/C14H20N4O3/c1-17-10-11(8-16-17)7-12(13(19)20)9-15-14(21)18-5-3-2-4-6-18/h2-3,8,10,12H,4-7,9H2,1H3,(H,15,21)(H,19,20). The molecule has 7 heteroatoms. The van der Waals surface area contributed by atoms with E-state index in [0.717, 1.165) is 12.0 Å². The van der Waals surface area contributed by atoms with Gasteiger partial charge >= 0.3 is 12.0 Å². The van der Waals surface area contributed by atoms with Crippen molar-refractivity contribution in [2.75, 3.05) is 19.6 Å². The Morgan fingerprint density at radius 1 is 1.48 bits per heavy atom. The molecule has 0 aliphatic carbocycles. The van der Waals surface area contributed by atoms with Gasteiger partial charge in [0.05, 0.1) is 12.1 Å². The zero-order valence-corrected chi connectivity index (χ0v) is 12.0. The predicted molar refractivity (Wildman–Crippen MR) is 76.8 cm³/mol. The van der Waals surface area contributed by atoms with E-state index in [4.69, 9.17) is 0 Å². The number of aromatic nitrogens is 2. The number of aryl methyl sites for hydroxylation is 1. The van der Waals surface area contributed by atoms with Crippen molar-refractivity contribution in [1.82, 2.24) is 20.0 Å². The number of hydrogen-bond acceptors (Lipinski definition) is 3. The van der Waals surface area contributed by atoms with Crippen molar-refractivity contribution in [3.8, 4) is 0 Å². The van der Waals surface area contributed by atoms with Crippen LogP contribution in [0.3, 0.4) is 0 Å². The van der Waals surface area contributed by atoms with E-state index in [1.165, 1.54) is 0 Å². The van der Waals surface area contributed by atoms with Crippen LogP contribution < -0.4 is 5.32 Å². The van der Waals surface area contributed by atoms with E-state index in [-0.39, 0.29) is 12.6 Å². The number of carboxylic acids is 1. The zero-order chi connectivity index (χ0) is 15.2. The van der Waals surface area contributed by atoms with Crippen molar-refractivity contribution in [1.29, 1.82) is 0 Å². The molecule has 7 nitrogen and oxygen atoms in total. The minimum Gasteiger partial charge on any atom is -0.481 e. The highest BCUT2D eigenvalue weighted by molar-refractivity contribution is 5.76. The first-order chi connectivity index (χ1) is 10.1. The monoisotopic (exact) mass is 292 g/mol. The molecule has 0 saturated carbocycles. The molecule has 0 spiro atoms. The summed E-state index contributed by atoms with van der Waals surface area (Å²) in [5.41, 5.74) is 0.847. The molecule has 1 aromatic rings. The lowest BCUT2D eigenvalue weighted by Crippen LogP contribution is -2.44. The molecular formula is C14H20N4O3. The van der Waals surface area contributed by atoms with Crippen LogP contribution in [0, 0.1) is 5.92 Å². The van der Waals surface area contributed by atoms with E-state index in [0.29, 0.717) is 19.5 Å². The Kier molecular flexibility index (Phi) is 4.97. The second kappa shape index (κ2) is 6.92. The molecule has 2 N–H and O–H groups in total. The summed E-state index contributed by atoms with van der Waals surface area (Å²) in [5, 5.41) is 16.0. The highest BCUT2D eigenvalue weighted by Crippen LogP contribution is 2.08. The molecule has 1 aliphatic heterocycles. The third-order valence-electron chi connectivity index (χ3n) is 3.43. The van der Waals surface area contributed by atoms with Gasteiger partial charge in [-0.3, -0.25) is 9.48 Å². The lowest BCUT2D eigenvalue weighted by Gasteiger charge is -2.24. The maximum Gasteiger partial charge on any atom is 0.317 e. The number of aliphatic carboxylic acids is 1. The summed E-state index contributed by atoms with van der Waals surface area (Å²) in [5.74, 6) is -1.57. The Balaban J connectivity index is 1.86. The van der Waals surface area contributed by atoms with E-state index in [1.807, 2.05) is 12.2 Å². The molecule has 0 saturated heterocycles. The number of carbonyl (C=O) groups is 2. The van der Waals surface area contributed by atoms with Gasteiger partial charge in [-0.2, -0.15) is 5.10 Å². The maximum atomic E-state index is 12.0. The second-order valence-electron chi connectivity index (χ2n) is 5.15. The first-order valence-electron chi connectivity index (χ1n) is 6.94. The lowest BCUT2D eigenvalue weighted by atomic mass is 10.0. The van der Waals surface area contributed by atoms with E-state index in [9.17, 15) is 14.7 Å². The van der Waals surface area contributed by atoms with Gasteiger partial charge < -0.3 is 15.3 Å². The van der Waals surface area contributed by atoms with Crippen LogP contribution in [0.2, 0.25) is 0 Å². The van der Waals surface area contributed by atoms with Gasteiger partial charge in [-0.25, -0.2) is 4.79 Å². The van der Waals surface area contributed by atoms with Crippen LogP contribution in [0.1, 0.15) is 12.0 Å². The molecular weight excluding hydrogens is 272 g/mol. The molecule has 2 heterocycles. The Morgan fingerprint density at radius 3 is 2.86 bits per heavy atom. The van der Waals surface area contributed by atoms with Crippen molar-refractivity contribution in [2.24, 2.45) is 13.0 Å². The van der Waals surface area contributed by atoms with Gasteiger partial charge in [-0.15, -0.1) is 0 Å². The largest absolute Gasteiger partial charge is 0.481 e. The number of urea groups is 1. The van der Waals surface area contributed by atoms with Crippen LogP contribution in [0.5, 0.6) is 0 Å². The van der Waals surface area contributed by atoms with Crippen LogP contribution in [-0.2, 0) is 18.3 Å². The van der Waals surface area contributed by atoms with Crippen molar-refractivity contribution in [3.63, 3.8) is 0 Å². The smallest absolute Gasteiger partial charge is 0.317 e. The number of rotatable bonds is 5. The lowest BCUT2D eigenvalue weighted by molar-refractivity contribution is -0.141. The SMILES string of the molecule is Cn1cc(CC(CNC(=O)N2CC=CCC2)C(=O)O)cn1. The Labute approximate surface area is 123 Å². The molecule has 1 aromatic heterocycles. The van der Waals surface area contributed by atoms with Crippen molar-refractivity contribution < 1.29 is 14.7 Å². The summed E-state index contributed by atoms with van der Waals surface area (Å²) < 4.78 is 1.63. The van der Waals surface area contributed by atoms with E-state index in [2.05, 4.69) is 10.4 Å². The summed E-state index contributed by atoms with van der Waals surface area (Å²) in [4.78, 5) is 24.9. The number of carboxylic acid groups (broad SMARTS) is 1. The summed E-state index contributed by atoms with van der Waals surface area (Å²) in [7, 11) is 1.78. The second-order valence-corrected chi connectivity index (χ2v) is 5.15. The van der Waals surface area contributed by atoms with Crippen molar-refractivity contribution in [3.05, 3.63) is 30.1 Å². The highest BCUT2D eigenvalue weighted by atomic mass is 16.4. The van der Waals surface area contributed by atoms with Gasteiger partial charge in [-0.05, 0) is 18.4 Å². The maximum absolute atomic E-state index is 12.0. The van der Waals surface area contributed by atoms with Gasteiger partial charge in [0.1, 0.15) is 0 Å². The van der Waals surface area contributed by atoms with E-state index < -0.39 is 11.9 Å². The fourth-order valence-electron chi connectivity index (χ4n) is 2.26. The van der Waals surface area contributed by atoms with Crippen LogP contribution in [-0.4, -0.2) is 51.4 Å². The number of nitrogens with one attached hydrogen (secondary N) is 1. The van der Waals surface area contributed by atoms with Crippen molar-refractivity contribution in [2.45, 2.75) is 12.8 Å². The molecule has 1 aliphatic rings. The number of nitrogens with zero attached hydrogens (tertiary/aromatic N) is 3. The van der Waals surface area contributed by atoms with E-state index in [1.54, 1.807) is 29.0 Å². The van der Waals surface area contributed by atoms with Crippen LogP contribution in [0.25, 0.3) is 0 Å². The Morgan fingerprint density at radius 2 is 2.29 bits per heavy atom. The first kappa shape index (κ1) is 15.1. The summed E-state index contributed by atoms with van der Waals surface area (Å²) in [6.07, 6.45) is 8.59. The van der Waals surface area contributed by atoms with Gasteiger partial charge in [0.2, 0.25) is 0 Å². The molecule has 21 heavy (non-hydrogen) atoms. The minimum absolute atomic E-state index is 0.114. The summed E-state index contributed by atoms with van der Waals surface area (Å²) in [6.45, 7) is 1.36. The molecule has 0 fully saturated rings. The van der Waals surface area contributed by atoms with Gasteiger partial charge in [0.25, 0.3) is 0 Å². The average molecular weight is 292 g/mol. The van der Waals surface area contributed by atoms with Crippen LogP contribution >= 0.6 is 0 Å². The molecule has 1 atom stereocenters. The topological polar surface area (TPSA) is 87.5 Å². The number of hydrogen-bond donors (Lipinski definition) is 2. The fraction of sp³-hybridized carbons (Fsp3) is 0.500. The predicted octanol–water partition coefficient (Wildman–Crippen LogP) is 0.635. The molecule has 0 radical (unpaired) electrons. The molecule has 2 amide bonds. The summed E-state index contributed by atoms with van der Waals surface area (Å²) >= 11 is 0. The number of carbonyl (C=O) groups excluding carboxylic acids is 1. The van der Waals surface area contributed by atoms with Gasteiger partial charge in [-0.1, -0.05) is 12.2 Å². The quantitative estimate of drug-likeness (QED) is 0.779. The highest BCUT2D eigenvalue weighted by Gasteiger charge is 2.21. The van der Waals surface area contributed by atoms with Crippen molar-refractivity contribution >= 4 is 12.0 Å². The minimum atomic E-state index is -0.919. The van der Waals surface area contributed by atoms with Gasteiger partial charge in [0.15, 0.2) is 0 Å². The molecule has 2 rings (SSSR count). The summed E-state index contributed by atoms with van der Waals surface area (Å²) in [6, 6.07) is -0.211. The number of amides is 2. The third-order valence-corrected chi connectivity index (χ3v) is 3.43. The third kappa shape index (κ3) is 4.34. The Bertz CT molecular complexity index is 538. The van der Waals surface area contributed by atoms with E-state index >= 15 is 0 Å². The first-order valence-corrected chi connectivity index (χ1v) is 6.94. The Hall–Kier alpha value is -2.31.